The van der Waals surface area contributed by atoms with Crippen LogP contribution in [0.3, 0.4) is 0 Å². The van der Waals surface area contributed by atoms with Crippen molar-refractivity contribution in [1.82, 2.24) is 0 Å². The normalized spacial score (nSPS) is 10.2. The number of para-hydroxylation sites is 1. The summed E-state index contributed by atoms with van der Waals surface area (Å²) < 4.78 is 10.4. The van der Waals surface area contributed by atoms with E-state index in [0.29, 0.717) is 15.8 Å². The molecule has 1 amide bonds. The Morgan fingerprint density at radius 3 is 2.44 bits per heavy atom. The molecule has 2 rings (SSSR count). The first-order valence-electron chi connectivity index (χ1n) is 7.54. The number of carbonyl (C=O) groups is 2. The highest BCUT2D eigenvalue weighted by molar-refractivity contribution is 6.39. The SMILES string of the molecule is Cc1cccc(OCCC(=O)OCC(=O)Nc2c(Cl)cccc2Cl)c1. The lowest BCUT2D eigenvalue weighted by Gasteiger charge is -2.10. The van der Waals surface area contributed by atoms with Crippen LogP contribution in [-0.2, 0) is 14.3 Å². The zero-order valence-electron chi connectivity index (χ0n) is 13.6. The van der Waals surface area contributed by atoms with Crippen LogP contribution < -0.4 is 10.1 Å². The molecule has 0 unspecified atom stereocenters. The summed E-state index contributed by atoms with van der Waals surface area (Å²) in [5.74, 6) is -0.380. The molecule has 0 fully saturated rings. The summed E-state index contributed by atoms with van der Waals surface area (Å²) in [6.07, 6.45) is 0.0358. The number of ether oxygens (including phenoxy) is 2. The summed E-state index contributed by atoms with van der Waals surface area (Å²) in [6.45, 7) is 1.69. The minimum atomic E-state index is -0.534. The molecule has 0 bridgehead atoms. The maximum absolute atomic E-state index is 11.8. The molecule has 0 aliphatic heterocycles. The van der Waals surface area contributed by atoms with E-state index in [1.165, 1.54) is 0 Å². The van der Waals surface area contributed by atoms with E-state index in [0.717, 1.165) is 5.56 Å². The van der Waals surface area contributed by atoms with E-state index in [-0.39, 0.29) is 18.7 Å². The number of nitrogens with one attached hydrogen (secondary N) is 1. The third kappa shape index (κ3) is 6.29. The molecule has 2 aromatic rings. The number of hydrogen-bond acceptors (Lipinski definition) is 4. The summed E-state index contributed by atoms with van der Waals surface area (Å²) in [7, 11) is 0. The summed E-state index contributed by atoms with van der Waals surface area (Å²) >= 11 is 11.9. The molecule has 0 radical (unpaired) electrons. The van der Waals surface area contributed by atoms with E-state index in [2.05, 4.69) is 5.32 Å². The molecule has 25 heavy (non-hydrogen) atoms. The predicted molar refractivity (Wildman–Crippen MR) is 97.3 cm³/mol. The molecule has 2 aromatic carbocycles. The van der Waals surface area contributed by atoms with Gasteiger partial charge in [0.1, 0.15) is 5.75 Å². The Morgan fingerprint density at radius 2 is 1.76 bits per heavy atom. The fourth-order valence-corrected chi connectivity index (χ4v) is 2.46. The van der Waals surface area contributed by atoms with E-state index < -0.39 is 18.5 Å². The number of aryl methyl sites for hydroxylation is 1. The van der Waals surface area contributed by atoms with Crippen molar-refractivity contribution in [3.63, 3.8) is 0 Å². The molecule has 0 spiro atoms. The molecular weight excluding hydrogens is 365 g/mol. The molecule has 0 saturated heterocycles. The maximum Gasteiger partial charge on any atom is 0.309 e. The fraction of sp³-hybridized carbons (Fsp3) is 0.222. The molecule has 1 N–H and O–H groups in total. The van der Waals surface area contributed by atoms with Gasteiger partial charge in [0.25, 0.3) is 5.91 Å². The number of halogens is 2. The summed E-state index contributed by atoms with van der Waals surface area (Å²) in [5, 5.41) is 3.12. The molecule has 0 saturated carbocycles. The number of hydrogen-bond donors (Lipinski definition) is 1. The van der Waals surface area contributed by atoms with Gasteiger partial charge < -0.3 is 14.8 Å². The minimum Gasteiger partial charge on any atom is -0.493 e. The van der Waals surface area contributed by atoms with Crippen LogP contribution in [-0.4, -0.2) is 25.1 Å². The number of benzene rings is 2. The van der Waals surface area contributed by atoms with Crippen LogP contribution in [0.1, 0.15) is 12.0 Å². The fourth-order valence-electron chi connectivity index (χ4n) is 1.97. The van der Waals surface area contributed by atoms with Gasteiger partial charge in [-0.3, -0.25) is 9.59 Å². The molecule has 7 heteroatoms. The van der Waals surface area contributed by atoms with Crippen molar-refractivity contribution in [3.05, 3.63) is 58.1 Å². The zero-order valence-corrected chi connectivity index (χ0v) is 15.1. The molecule has 0 aliphatic carbocycles. The number of anilines is 1. The lowest BCUT2D eigenvalue weighted by molar-refractivity contribution is -0.147. The van der Waals surface area contributed by atoms with Gasteiger partial charge >= 0.3 is 5.97 Å². The van der Waals surface area contributed by atoms with E-state index >= 15 is 0 Å². The Labute approximate surface area is 155 Å². The van der Waals surface area contributed by atoms with E-state index in [9.17, 15) is 9.59 Å². The lowest BCUT2D eigenvalue weighted by Crippen LogP contribution is -2.22. The quantitative estimate of drug-likeness (QED) is 0.727. The summed E-state index contributed by atoms with van der Waals surface area (Å²) in [5.41, 5.74) is 1.35. The Kier molecular flexibility index (Phi) is 7.10. The third-order valence-corrected chi connectivity index (χ3v) is 3.79. The van der Waals surface area contributed by atoms with E-state index in [4.69, 9.17) is 32.7 Å². The average Bonchev–Trinajstić information content (AvgIpc) is 2.56. The smallest absolute Gasteiger partial charge is 0.309 e. The van der Waals surface area contributed by atoms with Crippen molar-refractivity contribution in [2.24, 2.45) is 0 Å². The van der Waals surface area contributed by atoms with Crippen LogP contribution in [0.25, 0.3) is 0 Å². The molecule has 0 atom stereocenters. The molecule has 0 aromatic heterocycles. The predicted octanol–water partition coefficient (Wildman–Crippen LogP) is 4.25. The molecular formula is C18H17Cl2NO4. The standard InChI is InChI=1S/C18H17Cl2NO4/c1-12-4-2-5-13(10-12)24-9-8-17(23)25-11-16(22)21-18-14(19)6-3-7-15(18)20/h2-7,10H,8-9,11H2,1H3,(H,21,22). The highest BCUT2D eigenvalue weighted by Gasteiger charge is 2.12. The highest BCUT2D eigenvalue weighted by Crippen LogP contribution is 2.29. The van der Waals surface area contributed by atoms with Crippen LogP contribution in [0.4, 0.5) is 5.69 Å². The number of rotatable bonds is 7. The van der Waals surface area contributed by atoms with Crippen LogP contribution in [0.5, 0.6) is 5.75 Å². The molecule has 0 aliphatic rings. The second-order valence-electron chi connectivity index (χ2n) is 5.22. The van der Waals surface area contributed by atoms with E-state index in [1.807, 2.05) is 25.1 Å². The first-order valence-corrected chi connectivity index (χ1v) is 8.30. The third-order valence-electron chi connectivity index (χ3n) is 3.16. The van der Waals surface area contributed by atoms with Gasteiger partial charge in [-0.15, -0.1) is 0 Å². The van der Waals surface area contributed by atoms with Gasteiger partial charge in [-0.25, -0.2) is 0 Å². The monoisotopic (exact) mass is 381 g/mol. The largest absolute Gasteiger partial charge is 0.493 e. The molecule has 5 nitrogen and oxygen atoms in total. The van der Waals surface area contributed by atoms with Crippen LogP contribution in [0.2, 0.25) is 10.0 Å². The van der Waals surface area contributed by atoms with Gasteiger partial charge in [0.2, 0.25) is 0 Å². The highest BCUT2D eigenvalue weighted by atomic mass is 35.5. The van der Waals surface area contributed by atoms with Gasteiger partial charge in [-0.2, -0.15) is 0 Å². The first-order chi connectivity index (χ1) is 12.0. The zero-order chi connectivity index (χ0) is 18.2. The van der Waals surface area contributed by atoms with Gasteiger partial charge in [-0.1, -0.05) is 41.4 Å². The number of carbonyl (C=O) groups excluding carboxylic acids is 2. The van der Waals surface area contributed by atoms with Crippen LogP contribution in [0, 0.1) is 6.92 Å². The Hall–Kier alpha value is -2.24. The lowest BCUT2D eigenvalue weighted by atomic mass is 10.2. The average molecular weight is 382 g/mol. The Bertz CT molecular complexity index is 744. The maximum atomic E-state index is 11.8. The van der Waals surface area contributed by atoms with Crippen molar-refractivity contribution in [1.29, 1.82) is 0 Å². The summed E-state index contributed by atoms with van der Waals surface area (Å²) in [6, 6.07) is 12.3. The van der Waals surface area contributed by atoms with Crippen LogP contribution >= 0.6 is 23.2 Å². The van der Waals surface area contributed by atoms with Gasteiger partial charge in [0, 0.05) is 0 Å². The van der Waals surface area contributed by atoms with Crippen molar-refractivity contribution >= 4 is 40.8 Å². The Balaban J connectivity index is 1.71. The molecule has 0 heterocycles. The van der Waals surface area contributed by atoms with Crippen LogP contribution in [0.15, 0.2) is 42.5 Å². The minimum absolute atomic E-state index is 0.0358. The van der Waals surface area contributed by atoms with Crippen molar-refractivity contribution < 1.29 is 19.1 Å². The van der Waals surface area contributed by atoms with Gasteiger partial charge in [0.15, 0.2) is 6.61 Å². The number of esters is 1. The Morgan fingerprint density at radius 1 is 1.08 bits per heavy atom. The van der Waals surface area contributed by atoms with E-state index in [1.54, 1.807) is 24.3 Å². The van der Waals surface area contributed by atoms with Crippen molar-refractivity contribution in [2.75, 3.05) is 18.5 Å². The summed E-state index contributed by atoms with van der Waals surface area (Å²) in [4.78, 5) is 23.5. The first kappa shape index (κ1) is 19.1. The van der Waals surface area contributed by atoms with Gasteiger partial charge in [0.05, 0.1) is 28.8 Å². The second kappa shape index (κ2) is 9.30. The van der Waals surface area contributed by atoms with Crippen molar-refractivity contribution in [3.8, 4) is 5.75 Å². The number of amides is 1. The second-order valence-corrected chi connectivity index (χ2v) is 6.03. The van der Waals surface area contributed by atoms with Crippen molar-refractivity contribution in [2.45, 2.75) is 13.3 Å². The van der Waals surface area contributed by atoms with Gasteiger partial charge in [-0.05, 0) is 36.8 Å². The topological polar surface area (TPSA) is 64.6 Å². The molecule has 132 valence electrons.